The Kier molecular flexibility index (Phi) is 7.96. The van der Waals surface area contributed by atoms with Gasteiger partial charge in [-0.15, -0.1) is 0 Å². The number of esters is 1. The summed E-state index contributed by atoms with van der Waals surface area (Å²) in [5.74, 6) is -0.749. The van der Waals surface area contributed by atoms with E-state index in [4.69, 9.17) is 4.74 Å². The topological polar surface area (TPSA) is 43.4 Å². The lowest BCUT2D eigenvalue weighted by Crippen LogP contribution is -2.24. The van der Waals surface area contributed by atoms with Gasteiger partial charge in [0, 0.05) is 5.92 Å². The second-order valence-electron chi connectivity index (χ2n) is 3.84. The summed E-state index contributed by atoms with van der Waals surface area (Å²) < 4.78 is 4.89. The van der Waals surface area contributed by atoms with E-state index in [2.05, 4.69) is 6.92 Å². The van der Waals surface area contributed by atoms with Crippen LogP contribution in [0.3, 0.4) is 0 Å². The molecule has 15 heavy (non-hydrogen) atoms. The van der Waals surface area contributed by atoms with E-state index in [1.807, 2.05) is 0 Å². The van der Waals surface area contributed by atoms with Gasteiger partial charge in [0.1, 0.15) is 6.29 Å². The Morgan fingerprint density at radius 2 is 2.00 bits per heavy atom. The Bertz CT molecular complexity index is 189. The molecule has 0 aromatic carbocycles. The molecule has 88 valence electrons. The summed E-state index contributed by atoms with van der Waals surface area (Å²) in [5.41, 5.74) is 0. The quantitative estimate of drug-likeness (QED) is 0.354. The van der Waals surface area contributed by atoms with Gasteiger partial charge in [0.2, 0.25) is 0 Å². The molecule has 0 aliphatic heterocycles. The van der Waals surface area contributed by atoms with Crippen LogP contribution in [0.2, 0.25) is 0 Å². The molecule has 0 fully saturated rings. The number of rotatable bonds is 8. The highest BCUT2D eigenvalue weighted by Crippen LogP contribution is 2.18. The third kappa shape index (κ3) is 5.55. The van der Waals surface area contributed by atoms with Crippen LogP contribution in [-0.4, -0.2) is 18.9 Å². The molecular formula is C12H22O3. The van der Waals surface area contributed by atoms with Crippen molar-refractivity contribution in [1.82, 2.24) is 0 Å². The monoisotopic (exact) mass is 214 g/mol. The Hall–Kier alpha value is -0.860. The maximum Gasteiger partial charge on any atom is 0.309 e. The molecule has 0 saturated carbocycles. The molecule has 0 aromatic rings. The van der Waals surface area contributed by atoms with Gasteiger partial charge < -0.3 is 9.53 Å². The van der Waals surface area contributed by atoms with Crippen molar-refractivity contribution in [3.8, 4) is 0 Å². The van der Waals surface area contributed by atoms with E-state index in [0.717, 1.165) is 32.0 Å². The van der Waals surface area contributed by atoms with Crippen molar-refractivity contribution in [2.24, 2.45) is 11.8 Å². The van der Waals surface area contributed by atoms with Gasteiger partial charge in [-0.1, -0.05) is 33.1 Å². The van der Waals surface area contributed by atoms with E-state index in [1.165, 1.54) is 0 Å². The summed E-state index contributed by atoms with van der Waals surface area (Å²) >= 11 is 0. The molecule has 0 heterocycles. The van der Waals surface area contributed by atoms with E-state index in [-0.39, 0.29) is 17.8 Å². The van der Waals surface area contributed by atoms with Crippen molar-refractivity contribution in [2.75, 3.05) is 6.61 Å². The first-order chi connectivity index (χ1) is 7.17. The van der Waals surface area contributed by atoms with Gasteiger partial charge in [0.05, 0.1) is 12.5 Å². The van der Waals surface area contributed by atoms with Crippen LogP contribution in [-0.2, 0) is 14.3 Å². The second-order valence-corrected chi connectivity index (χ2v) is 3.84. The van der Waals surface area contributed by atoms with Crippen molar-refractivity contribution >= 4 is 12.3 Å². The number of aldehydes is 1. The van der Waals surface area contributed by atoms with Crippen LogP contribution in [0.1, 0.15) is 46.5 Å². The molecule has 0 aliphatic carbocycles. The highest BCUT2D eigenvalue weighted by Gasteiger charge is 2.24. The van der Waals surface area contributed by atoms with Gasteiger partial charge in [0.15, 0.2) is 0 Å². The Labute approximate surface area is 92.2 Å². The molecule has 0 N–H and O–H groups in total. The van der Waals surface area contributed by atoms with Crippen LogP contribution in [0, 0.1) is 11.8 Å². The summed E-state index contributed by atoms with van der Waals surface area (Å²) in [6.07, 6.45) is 4.91. The zero-order valence-corrected chi connectivity index (χ0v) is 9.99. The molecule has 3 nitrogen and oxygen atoms in total. The summed E-state index contributed by atoms with van der Waals surface area (Å²) in [6.45, 7) is 6.04. The molecular weight excluding hydrogens is 192 g/mol. The molecule has 0 aromatic heterocycles. The van der Waals surface area contributed by atoms with Crippen LogP contribution < -0.4 is 0 Å². The lowest BCUT2D eigenvalue weighted by molar-refractivity contribution is -0.150. The Balaban J connectivity index is 4.02. The number of hydrogen-bond acceptors (Lipinski definition) is 3. The molecule has 0 aliphatic rings. The van der Waals surface area contributed by atoms with Crippen LogP contribution in [0.25, 0.3) is 0 Å². The average molecular weight is 214 g/mol. The molecule has 0 unspecified atom stereocenters. The van der Waals surface area contributed by atoms with E-state index in [9.17, 15) is 9.59 Å². The maximum atomic E-state index is 11.4. The third-order valence-corrected chi connectivity index (χ3v) is 2.62. The highest BCUT2D eigenvalue weighted by molar-refractivity contribution is 5.76. The van der Waals surface area contributed by atoms with Gasteiger partial charge in [-0.05, 0) is 13.3 Å². The van der Waals surface area contributed by atoms with Gasteiger partial charge in [0.25, 0.3) is 0 Å². The summed E-state index contributed by atoms with van der Waals surface area (Å²) in [4.78, 5) is 22.2. The first-order valence-electron chi connectivity index (χ1n) is 5.79. The fourth-order valence-corrected chi connectivity index (χ4v) is 1.51. The largest absolute Gasteiger partial charge is 0.466 e. The molecule has 0 spiro atoms. The van der Waals surface area contributed by atoms with Crippen molar-refractivity contribution in [1.29, 1.82) is 0 Å². The predicted octanol–water partition coefficient (Wildman–Crippen LogP) is 2.58. The van der Waals surface area contributed by atoms with Crippen molar-refractivity contribution in [2.45, 2.75) is 46.5 Å². The first-order valence-corrected chi connectivity index (χ1v) is 5.79. The summed E-state index contributed by atoms with van der Waals surface area (Å²) in [5, 5.41) is 0. The number of hydrogen-bond donors (Lipinski definition) is 0. The molecule has 2 atom stereocenters. The van der Waals surface area contributed by atoms with Crippen LogP contribution >= 0.6 is 0 Å². The van der Waals surface area contributed by atoms with E-state index in [0.29, 0.717) is 6.61 Å². The van der Waals surface area contributed by atoms with Gasteiger partial charge >= 0.3 is 5.97 Å². The van der Waals surface area contributed by atoms with Crippen LogP contribution in [0.4, 0.5) is 0 Å². The summed E-state index contributed by atoms with van der Waals surface area (Å²) in [6, 6.07) is 0. The average Bonchev–Trinajstić information content (AvgIpc) is 2.24. The highest BCUT2D eigenvalue weighted by atomic mass is 16.5. The van der Waals surface area contributed by atoms with E-state index in [1.54, 1.807) is 13.8 Å². The van der Waals surface area contributed by atoms with Crippen LogP contribution in [0.15, 0.2) is 0 Å². The number of ether oxygens (including phenoxy) is 1. The Morgan fingerprint density at radius 1 is 1.33 bits per heavy atom. The van der Waals surface area contributed by atoms with Crippen molar-refractivity contribution in [3.63, 3.8) is 0 Å². The fraction of sp³-hybridized carbons (Fsp3) is 0.833. The van der Waals surface area contributed by atoms with Crippen LogP contribution in [0.5, 0.6) is 0 Å². The fourth-order valence-electron chi connectivity index (χ4n) is 1.51. The smallest absolute Gasteiger partial charge is 0.309 e. The van der Waals surface area contributed by atoms with E-state index < -0.39 is 0 Å². The standard InChI is InChI=1S/C12H22O3/c1-4-6-7-8-11(9-13)10(3)12(14)15-5-2/h9-11H,4-8H2,1-3H3/t10-,11-/m1/s1. The first kappa shape index (κ1) is 14.1. The molecule has 0 amide bonds. The zero-order valence-electron chi connectivity index (χ0n) is 9.99. The molecule has 0 saturated heterocycles. The van der Waals surface area contributed by atoms with Gasteiger partial charge in [-0.25, -0.2) is 0 Å². The SMILES string of the molecule is CCCCC[C@H](C=O)[C@@H](C)C(=O)OCC. The van der Waals surface area contributed by atoms with Crippen molar-refractivity contribution in [3.05, 3.63) is 0 Å². The third-order valence-electron chi connectivity index (χ3n) is 2.62. The second kappa shape index (κ2) is 8.45. The summed E-state index contributed by atoms with van der Waals surface area (Å²) in [7, 11) is 0. The predicted molar refractivity (Wildman–Crippen MR) is 59.5 cm³/mol. The molecule has 0 bridgehead atoms. The number of carbonyl (C=O) groups is 2. The minimum Gasteiger partial charge on any atom is -0.466 e. The normalized spacial score (nSPS) is 14.3. The van der Waals surface area contributed by atoms with E-state index >= 15 is 0 Å². The minimum atomic E-state index is -0.306. The van der Waals surface area contributed by atoms with Gasteiger partial charge in [-0.2, -0.15) is 0 Å². The number of carbonyl (C=O) groups excluding carboxylic acids is 2. The zero-order chi connectivity index (χ0) is 11.7. The lowest BCUT2D eigenvalue weighted by atomic mass is 9.90. The maximum absolute atomic E-state index is 11.4. The van der Waals surface area contributed by atoms with Gasteiger partial charge in [-0.3, -0.25) is 4.79 Å². The lowest BCUT2D eigenvalue weighted by Gasteiger charge is -2.16. The molecule has 0 radical (unpaired) electrons. The minimum absolute atomic E-state index is 0.185. The molecule has 0 rings (SSSR count). The Morgan fingerprint density at radius 3 is 2.47 bits per heavy atom. The number of unbranched alkanes of at least 4 members (excludes halogenated alkanes) is 2. The van der Waals surface area contributed by atoms with Crippen molar-refractivity contribution < 1.29 is 14.3 Å². The molecule has 3 heteroatoms.